The molecule has 4 heteroatoms. The third-order valence-corrected chi connectivity index (χ3v) is 8.97. The summed E-state index contributed by atoms with van der Waals surface area (Å²) < 4.78 is 6.74. The van der Waals surface area contributed by atoms with Gasteiger partial charge in [-0.15, -0.1) is 0 Å². The number of para-hydroxylation sites is 1. The smallest absolute Gasteiger partial charge is 0.160 e. The molecule has 2 heterocycles. The Morgan fingerprint density at radius 1 is 0.468 bits per heavy atom. The van der Waals surface area contributed by atoms with Crippen LogP contribution in [0.4, 0.5) is 0 Å². The van der Waals surface area contributed by atoms with Crippen LogP contribution in [-0.2, 0) is 0 Å². The van der Waals surface area contributed by atoms with Crippen molar-refractivity contribution in [2.45, 2.75) is 6.17 Å². The van der Waals surface area contributed by atoms with Gasteiger partial charge in [-0.3, -0.25) is 0 Å². The highest BCUT2D eigenvalue weighted by atomic mass is 16.3. The average Bonchev–Trinajstić information content (AvgIpc) is 3.55. The molecular formula is C43H29N3O. The predicted octanol–water partition coefficient (Wildman–Crippen LogP) is 10.6. The fraction of sp³-hybridized carbons (Fsp3) is 0.0233. The van der Waals surface area contributed by atoms with E-state index in [1.807, 2.05) is 48.5 Å². The molecule has 8 aromatic rings. The van der Waals surface area contributed by atoms with Crippen molar-refractivity contribution >= 4 is 44.4 Å². The Morgan fingerprint density at radius 2 is 1.02 bits per heavy atom. The van der Waals surface area contributed by atoms with Crippen LogP contribution in [0.1, 0.15) is 22.9 Å². The number of fused-ring (bicyclic) bond motifs is 4. The van der Waals surface area contributed by atoms with E-state index in [4.69, 9.17) is 14.4 Å². The Labute approximate surface area is 272 Å². The van der Waals surface area contributed by atoms with Crippen LogP contribution in [0.3, 0.4) is 0 Å². The second-order valence-electron chi connectivity index (χ2n) is 11.8. The van der Waals surface area contributed by atoms with Crippen molar-refractivity contribution in [2.75, 3.05) is 0 Å². The number of aliphatic imine (C=N–C) groups is 2. The first-order valence-corrected chi connectivity index (χ1v) is 15.9. The lowest BCUT2D eigenvalue weighted by Crippen LogP contribution is -2.33. The lowest BCUT2D eigenvalue weighted by atomic mass is 9.90. The van der Waals surface area contributed by atoms with E-state index in [0.29, 0.717) is 5.84 Å². The molecule has 9 rings (SSSR count). The summed E-state index contributed by atoms with van der Waals surface area (Å²) in [5.74, 6) is 1.46. The van der Waals surface area contributed by atoms with Crippen LogP contribution in [0.2, 0.25) is 0 Å². The fourth-order valence-corrected chi connectivity index (χ4v) is 6.75. The predicted molar refractivity (Wildman–Crippen MR) is 194 cm³/mol. The molecule has 47 heavy (non-hydrogen) atoms. The molecule has 0 spiro atoms. The van der Waals surface area contributed by atoms with Gasteiger partial charge in [0.2, 0.25) is 0 Å². The molecule has 1 aromatic heterocycles. The van der Waals surface area contributed by atoms with E-state index in [0.717, 1.165) is 55.6 Å². The zero-order chi connectivity index (χ0) is 31.2. The van der Waals surface area contributed by atoms with Crippen molar-refractivity contribution in [1.82, 2.24) is 5.32 Å². The minimum atomic E-state index is -0.290. The third-order valence-electron chi connectivity index (χ3n) is 8.97. The summed E-state index contributed by atoms with van der Waals surface area (Å²) >= 11 is 0. The molecule has 0 amide bonds. The fourth-order valence-electron chi connectivity index (χ4n) is 6.75. The van der Waals surface area contributed by atoms with E-state index in [9.17, 15) is 0 Å². The second kappa shape index (κ2) is 11.3. The summed E-state index contributed by atoms with van der Waals surface area (Å²) in [6, 6.07) is 56.8. The Morgan fingerprint density at radius 3 is 1.77 bits per heavy atom. The molecule has 0 saturated heterocycles. The molecule has 0 fully saturated rings. The minimum Gasteiger partial charge on any atom is -0.455 e. The molecule has 0 bridgehead atoms. The number of furan rings is 1. The third kappa shape index (κ3) is 4.70. The van der Waals surface area contributed by atoms with Crippen LogP contribution in [-0.4, -0.2) is 11.7 Å². The molecule has 222 valence electrons. The van der Waals surface area contributed by atoms with Crippen molar-refractivity contribution in [3.63, 3.8) is 0 Å². The van der Waals surface area contributed by atoms with Crippen LogP contribution in [0.5, 0.6) is 0 Å². The van der Waals surface area contributed by atoms with Gasteiger partial charge in [0.25, 0.3) is 0 Å². The maximum atomic E-state index is 6.74. The van der Waals surface area contributed by atoms with Gasteiger partial charge in [0.05, 0.1) is 0 Å². The monoisotopic (exact) mass is 603 g/mol. The summed E-state index contributed by atoms with van der Waals surface area (Å²) in [4.78, 5) is 10.4. The summed E-state index contributed by atoms with van der Waals surface area (Å²) in [5, 5.41) is 8.01. The molecule has 7 aromatic carbocycles. The summed E-state index contributed by atoms with van der Waals surface area (Å²) in [5.41, 5.74) is 9.26. The second-order valence-corrected chi connectivity index (χ2v) is 11.8. The van der Waals surface area contributed by atoms with Gasteiger partial charge in [0, 0.05) is 27.5 Å². The van der Waals surface area contributed by atoms with Gasteiger partial charge in [0.15, 0.2) is 5.84 Å². The van der Waals surface area contributed by atoms with Gasteiger partial charge in [-0.1, -0.05) is 146 Å². The highest BCUT2D eigenvalue weighted by molar-refractivity contribution is 6.24. The summed E-state index contributed by atoms with van der Waals surface area (Å²) in [6.45, 7) is 0. The zero-order valence-electron chi connectivity index (χ0n) is 25.5. The molecule has 4 nitrogen and oxygen atoms in total. The molecule has 1 unspecified atom stereocenters. The molecule has 1 aliphatic rings. The molecule has 0 aliphatic carbocycles. The van der Waals surface area contributed by atoms with Gasteiger partial charge in [-0.2, -0.15) is 0 Å². The van der Waals surface area contributed by atoms with Crippen LogP contribution in [0.15, 0.2) is 178 Å². The van der Waals surface area contributed by atoms with Crippen LogP contribution in [0, 0.1) is 0 Å². The first kappa shape index (κ1) is 27.1. The molecule has 1 atom stereocenters. The van der Waals surface area contributed by atoms with E-state index in [-0.39, 0.29) is 6.17 Å². The topological polar surface area (TPSA) is 49.9 Å². The number of nitrogens with zero attached hydrogens (tertiary/aromatic N) is 2. The van der Waals surface area contributed by atoms with Crippen LogP contribution >= 0.6 is 0 Å². The van der Waals surface area contributed by atoms with E-state index in [1.165, 1.54) is 21.9 Å². The normalized spacial score (nSPS) is 14.6. The summed E-state index contributed by atoms with van der Waals surface area (Å²) in [7, 11) is 0. The van der Waals surface area contributed by atoms with Gasteiger partial charge in [0.1, 0.15) is 23.2 Å². The number of benzene rings is 7. The largest absolute Gasteiger partial charge is 0.455 e. The van der Waals surface area contributed by atoms with E-state index in [2.05, 4.69) is 121 Å². The first-order chi connectivity index (χ1) is 23.3. The van der Waals surface area contributed by atoms with Crippen molar-refractivity contribution in [1.29, 1.82) is 0 Å². The number of hydrogen-bond acceptors (Lipinski definition) is 4. The molecule has 0 radical (unpaired) electrons. The number of amidine groups is 2. The molecular weight excluding hydrogens is 574 g/mol. The van der Waals surface area contributed by atoms with E-state index in [1.54, 1.807) is 0 Å². The Bertz CT molecular complexity index is 2480. The Balaban J connectivity index is 1.28. The highest BCUT2D eigenvalue weighted by Gasteiger charge is 2.25. The SMILES string of the molecule is c1ccc(C2=NC(c3ccc(-c4ccc(-c5ccccc5)c5ccccc45)c4oc5ccccc5c34)=NC(c3ccccc3)N2)cc1. The quantitative estimate of drug-likeness (QED) is 0.213. The Kier molecular flexibility index (Phi) is 6.50. The van der Waals surface area contributed by atoms with Gasteiger partial charge < -0.3 is 9.73 Å². The zero-order valence-corrected chi connectivity index (χ0v) is 25.5. The minimum absolute atomic E-state index is 0.290. The van der Waals surface area contributed by atoms with Gasteiger partial charge >= 0.3 is 0 Å². The van der Waals surface area contributed by atoms with E-state index < -0.39 is 0 Å². The molecule has 0 saturated carbocycles. The van der Waals surface area contributed by atoms with E-state index >= 15 is 0 Å². The maximum absolute atomic E-state index is 6.74. The number of rotatable bonds is 5. The highest BCUT2D eigenvalue weighted by Crippen LogP contribution is 2.42. The first-order valence-electron chi connectivity index (χ1n) is 15.9. The summed E-state index contributed by atoms with van der Waals surface area (Å²) in [6.07, 6.45) is -0.290. The molecule has 1 N–H and O–H groups in total. The average molecular weight is 604 g/mol. The van der Waals surface area contributed by atoms with Gasteiger partial charge in [-0.25, -0.2) is 9.98 Å². The van der Waals surface area contributed by atoms with Crippen molar-refractivity contribution in [2.24, 2.45) is 9.98 Å². The maximum Gasteiger partial charge on any atom is 0.160 e. The lowest BCUT2D eigenvalue weighted by molar-refractivity contribution is 0.669. The van der Waals surface area contributed by atoms with Crippen molar-refractivity contribution in [3.8, 4) is 22.3 Å². The molecule has 1 aliphatic heterocycles. The lowest BCUT2D eigenvalue weighted by Gasteiger charge is -2.24. The standard InChI is InChI=1S/C43H29N3O/c1-4-14-28(15-5-1)31-24-25-34(33-21-11-10-20-32(31)33)35-26-27-37(39-36-22-12-13-23-38(36)47-40(35)39)43-45-41(29-16-6-2-7-17-29)44-42(46-43)30-18-8-3-9-19-30/h1-27,41H,(H,44,45,46). The van der Waals surface area contributed by atoms with Crippen molar-refractivity contribution in [3.05, 3.63) is 180 Å². The Hall–Kier alpha value is -6.26. The number of hydrogen-bond donors (Lipinski definition) is 1. The van der Waals surface area contributed by atoms with Gasteiger partial charge in [-0.05, 0) is 51.2 Å². The van der Waals surface area contributed by atoms with Crippen LogP contribution in [0.25, 0.3) is 55.0 Å². The number of nitrogens with one attached hydrogen (secondary N) is 1. The van der Waals surface area contributed by atoms with Crippen molar-refractivity contribution < 1.29 is 4.42 Å². The van der Waals surface area contributed by atoms with Crippen LogP contribution < -0.4 is 5.32 Å².